The van der Waals surface area contributed by atoms with Crippen molar-refractivity contribution in [1.82, 2.24) is 9.88 Å². The van der Waals surface area contributed by atoms with E-state index < -0.39 is 0 Å². The number of halogens is 1. The maximum absolute atomic E-state index is 5.83. The third-order valence-electron chi connectivity index (χ3n) is 3.16. The third kappa shape index (κ3) is 2.92. The van der Waals surface area contributed by atoms with E-state index in [1.807, 2.05) is 0 Å². The van der Waals surface area contributed by atoms with Crippen LogP contribution in [0.2, 0.25) is 4.47 Å². The first kappa shape index (κ1) is 11.4. The van der Waals surface area contributed by atoms with Gasteiger partial charge < -0.3 is 0 Å². The third-order valence-corrected chi connectivity index (χ3v) is 4.19. The average molecular weight is 245 g/mol. The van der Waals surface area contributed by atoms with E-state index in [1.165, 1.54) is 30.7 Å². The van der Waals surface area contributed by atoms with E-state index in [-0.39, 0.29) is 0 Å². The summed E-state index contributed by atoms with van der Waals surface area (Å²) < 4.78 is 0.656. The lowest BCUT2D eigenvalue weighted by atomic mass is 9.93. The van der Waals surface area contributed by atoms with E-state index in [0.29, 0.717) is 10.5 Å². The second-order valence-electron chi connectivity index (χ2n) is 4.54. The molecule has 4 heteroatoms. The highest BCUT2D eigenvalue weighted by molar-refractivity contribution is 7.13. The van der Waals surface area contributed by atoms with Gasteiger partial charge in [-0.2, -0.15) is 0 Å². The molecular formula is C11H17ClN2S. The van der Waals surface area contributed by atoms with Crippen LogP contribution in [0.15, 0.2) is 5.38 Å². The summed E-state index contributed by atoms with van der Waals surface area (Å²) in [6, 6.07) is 0.675. The van der Waals surface area contributed by atoms with Crippen molar-refractivity contribution in [3.8, 4) is 0 Å². The second kappa shape index (κ2) is 4.81. The predicted octanol–water partition coefficient (Wildman–Crippen LogP) is 3.42. The minimum Gasteiger partial charge on any atom is -0.295 e. The van der Waals surface area contributed by atoms with Crippen molar-refractivity contribution in [2.75, 3.05) is 6.54 Å². The van der Waals surface area contributed by atoms with Crippen molar-refractivity contribution in [3.63, 3.8) is 0 Å². The van der Waals surface area contributed by atoms with Crippen LogP contribution in [0.3, 0.4) is 0 Å². The van der Waals surface area contributed by atoms with E-state index >= 15 is 0 Å². The number of thiazole rings is 1. The first-order chi connectivity index (χ1) is 7.15. The van der Waals surface area contributed by atoms with E-state index in [4.69, 9.17) is 11.6 Å². The molecule has 0 radical (unpaired) electrons. The molecule has 0 bridgehead atoms. The molecule has 2 unspecified atom stereocenters. The lowest BCUT2D eigenvalue weighted by molar-refractivity contribution is 0.121. The molecule has 1 aromatic rings. The van der Waals surface area contributed by atoms with Gasteiger partial charge in [0, 0.05) is 18.0 Å². The molecule has 1 aliphatic heterocycles. The lowest BCUT2D eigenvalue weighted by Crippen LogP contribution is -2.39. The Morgan fingerprint density at radius 3 is 3.00 bits per heavy atom. The summed E-state index contributed by atoms with van der Waals surface area (Å²) in [6.07, 6.45) is 2.61. The topological polar surface area (TPSA) is 16.1 Å². The maximum Gasteiger partial charge on any atom is 0.183 e. The Bertz CT molecular complexity index is 326. The van der Waals surface area contributed by atoms with Crippen LogP contribution >= 0.6 is 22.9 Å². The molecule has 2 rings (SSSR count). The molecular weight excluding hydrogens is 228 g/mol. The van der Waals surface area contributed by atoms with Crippen molar-refractivity contribution >= 4 is 22.9 Å². The van der Waals surface area contributed by atoms with Crippen LogP contribution in [-0.4, -0.2) is 22.5 Å². The summed E-state index contributed by atoms with van der Waals surface area (Å²) in [6.45, 7) is 6.80. The number of hydrogen-bond donors (Lipinski definition) is 0. The lowest BCUT2D eigenvalue weighted by Gasteiger charge is -2.36. The monoisotopic (exact) mass is 244 g/mol. The van der Waals surface area contributed by atoms with Gasteiger partial charge in [0.2, 0.25) is 0 Å². The Kier molecular flexibility index (Phi) is 3.65. The van der Waals surface area contributed by atoms with Crippen molar-refractivity contribution in [1.29, 1.82) is 0 Å². The van der Waals surface area contributed by atoms with Crippen molar-refractivity contribution in [3.05, 3.63) is 15.5 Å². The number of likely N-dealkylation sites (tertiary alicyclic amines) is 1. The first-order valence-corrected chi connectivity index (χ1v) is 6.75. The summed E-state index contributed by atoms with van der Waals surface area (Å²) in [7, 11) is 0. The van der Waals surface area contributed by atoms with Gasteiger partial charge in [-0.3, -0.25) is 4.90 Å². The summed E-state index contributed by atoms with van der Waals surface area (Å²) in [5.74, 6) is 0.871. The molecule has 0 N–H and O–H groups in total. The fraction of sp³-hybridized carbons (Fsp3) is 0.727. The Morgan fingerprint density at radius 2 is 2.40 bits per heavy atom. The van der Waals surface area contributed by atoms with Gasteiger partial charge in [0.15, 0.2) is 4.47 Å². The molecule has 1 fully saturated rings. The van der Waals surface area contributed by atoms with E-state index in [0.717, 1.165) is 18.2 Å². The highest BCUT2D eigenvalue weighted by Crippen LogP contribution is 2.24. The minimum atomic E-state index is 0.656. The van der Waals surface area contributed by atoms with Crippen molar-refractivity contribution < 1.29 is 0 Å². The summed E-state index contributed by atoms with van der Waals surface area (Å²) in [5.41, 5.74) is 1.12. The molecule has 2 nitrogen and oxygen atoms in total. The molecule has 0 amide bonds. The highest BCUT2D eigenvalue weighted by atomic mass is 35.5. The largest absolute Gasteiger partial charge is 0.295 e. The zero-order valence-corrected chi connectivity index (χ0v) is 10.8. The molecule has 0 spiro atoms. The van der Waals surface area contributed by atoms with Gasteiger partial charge in [-0.1, -0.05) is 18.5 Å². The van der Waals surface area contributed by atoms with Crippen LogP contribution in [-0.2, 0) is 6.54 Å². The van der Waals surface area contributed by atoms with Crippen LogP contribution in [0.4, 0.5) is 0 Å². The molecule has 84 valence electrons. The van der Waals surface area contributed by atoms with Gasteiger partial charge in [-0.25, -0.2) is 4.98 Å². The number of nitrogens with zero attached hydrogens (tertiary/aromatic N) is 2. The van der Waals surface area contributed by atoms with Crippen LogP contribution in [0, 0.1) is 5.92 Å². The second-order valence-corrected chi connectivity index (χ2v) is 5.98. The number of aromatic nitrogens is 1. The van der Waals surface area contributed by atoms with Crippen molar-refractivity contribution in [2.24, 2.45) is 5.92 Å². The maximum atomic E-state index is 5.83. The fourth-order valence-corrected chi connectivity index (χ4v) is 3.03. The van der Waals surface area contributed by atoms with Gasteiger partial charge in [-0.05, 0) is 32.2 Å². The molecule has 1 aromatic heterocycles. The Balaban J connectivity index is 1.94. The minimum absolute atomic E-state index is 0.656. The van der Waals surface area contributed by atoms with Crippen LogP contribution in [0.1, 0.15) is 32.4 Å². The molecule has 0 aromatic carbocycles. The van der Waals surface area contributed by atoms with Gasteiger partial charge in [0.1, 0.15) is 0 Å². The zero-order valence-electron chi connectivity index (χ0n) is 9.24. The number of hydrogen-bond acceptors (Lipinski definition) is 3. The van der Waals surface area contributed by atoms with Crippen LogP contribution in [0.25, 0.3) is 0 Å². The van der Waals surface area contributed by atoms with E-state index in [2.05, 4.69) is 29.1 Å². The van der Waals surface area contributed by atoms with Gasteiger partial charge in [0.25, 0.3) is 0 Å². The summed E-state index contributed by atoms with van der Waals surface area (Å²) in [4.78, 5) is 6.81. The average Bonchev–Trinajstić information content (AvgIpc) is 2.56. The normalized spacial score (nSPS) is 28.2. The quantitative estimate of drug-likeness (QED) is 0.793. The molecule has 1 saturated heterocycles. The predicted molar refractivity (Wildman–Crippen MR) is 65.4 cm³/mol. The number of rotatable bonds is 2. The highest BCUT2D eigenvalue weighted by Gasteiger charge is 2.23. The molecule has 1 aliphatic rings. The Morgan fingerprint density at radius 1 is 1.60 bits per heavy atom. The molecule has 2 heterocycles. The molecule has 0 saturated carbocycles. The smallest absolute Gasteiger partial charge is 0.183 e. The number of piperidine rings is 1. The summed E-state index contributed by atoms with van der Waals surface area (Å²) in [5, 5.41) is 2.06. The summed E-state index contributed by atoms with van der Waals surface area (Å²) >= 11 is 7.35. The van der Waals surface area contributed by atoms with Gasteiger partial charge in [-0.15, -0.1) is 11.3 Å². The van der Waals surface area contributed by atoms with E-state index in [1.54, 1.807) is 0 Å². The standard InChI is InChI=1S/C11H17ClN2S/c1-8-3-4-14(9(2)5-8)6-10-7-15-11(12)13-10/h7-9H,3-6H2,1-2H3. The molecule has 2 atom stereocenters. The Hall–Kier alpha value is -0.120. The van der Waals surface area contributed by atoms with Crippen LogP contribution < -0.4 is 0 Å². The van der Waals surface area contributed by atoms with Crippen molar-refractivity contribution in [2.45, 2.75) is 39.3 Å². The van der Waals surface area contributed by atoms with Gasteiger partial charge >= 0.3 is 0 Å². The Labute approximate surface area is 100 Å². The van der Waals surface area contributed by atoms with Crippen LogP contribution in [0.5, 0.6) is 0 Å². The SMILES string of the molecule is CC1CCN(Cc2csc(Cl)n2)C(C)C1. The first-order valence-electron chi connectivity index (χ1n) is 5.49. The molecule has 0 aliphatic carbocycles. The zero-order chi connectivity index (χ0) is 10.8. The fourth-order valence-electron chi connectivity index (χ4n) is 2.25. The van der Waals surface area contributed by atoms with E-state index in [9.17, 15) is 0 Å². The molecule has 15 heavy (non-hydrogen) atoms. The van der Waals surface area contributed by atoms with Gasteiger partial charge in [0.05, 0.1) is 5.69 Å².